The fourth-order valence-electron chi connectivity index (χ4n) is 2.80. The molecule has 28 heavy (non-hydrogen) atoms. The second-order valence-corrected chi connectivity index (χ2v) is 6.18. The molecule has 1 aliphatic heterocycles. The fourth-order valence-corrected chi connectivity index (χ4v) is 2.80. The molecule has 0 spiro atoms. The minimum atomic E-state index is -4.87. The minimum Gasteiger partial charge on any atom is -0.454 e. The predicted molar refractivity (Wildman–Crippen MR) is 92.6 cm³/mol. The van der Waals surface area contributed by atoms with Crippen molar-refractivity contribution in [3.05, 3.63) is 66.2 Å². The van der Waals surface area contributed by atoms with Gasteiger partial charge in [-0.2, -0.15) is 13.2 Å². The molecule has 0 aliphatic carbocycles. The van der Waals surface area contributed by atoms with E-state index < -0.39 is 29.7 Å². The van der Waals surface area contributed by atoms with Crippen molar-refractivity contribution in [2.24, 2.45) is 0 Å². The summed E-state index contributed by atoms with van der Waals surface area (Å²) in [6.45, 7) is 0.682. The van der Waals surface area contributed by atoms with Gasteiger partial charge in [0.15, 0.2) is 5.69 Å². The van der Waals surface area contributed by atoms with Crippen molar-refractivity contribution >= 4 is 11.8 Å². The van der Waals surface area contributed by atoms with Crippen LogP contribution in [0.25, 0.3) is 11.5 Å². The zero-order valence-corrected chi connectivity index (χ0v) is 14.4. The number of anilines is 1. The van der Waals surface area contributed by atoms with Gasteiger partial charge in [-0.1, -0.05) is 24.3 Å². The number of halogens is 3. The van der Waals surface area contributed by atoms with E-state index in [9.17, 15) is 18.0 Å². The van der Waals surface area contributed by atoms with Gasteiger partial charge in [0.1, 0.15) is 11.9 Å². The zero-order chi connectivity index (χ0) is 19.7. The Morgan fingerprint density at radius 2 is 1.82 bits per heavy atom. The number of pyridine rings is 1. The molecule has 0 N–H and O–H groups in total. The van der Waals surface area contributed by atoms with Crippen molar-refractivity contribution in [3.63, 3.8) is 0 Å². The summed E-state index contributed by atoms with van der Waals surface area (Å²) < 4.78 is 49.9. The molecule has 0 saturated carbocycles. The van der Waals surface area contributed by atoms with Crippen molar-refractivity contribution in [1.82, 2.24) is 9.97 Å². The first-order valence-corrected chi connectivity index (χ1v) is 8.42. The third-order valence-electron chi connectivity index (χ3n) is 4.19. The molecular formula is C19H14F3N3O3. The van der Waals surface area contributed by atoms with E-state index in [4.69, 9.17) is 9.15 Å². The van der Waals surface area contributed by atoms with Gasteiger partial charge in [0.25, 0.3) is 0 Å². The number of esters is 1. The zero-order valence-electron chi connectivity index (χ0n) is 14.4. The summed E-state index contributed by atoms with van der Waals surface area (Å²) in [5.74, 6) is -2.21. The number of carbonyl (C=O) groups excluding carboxylic acids is 1. The van der Waals surface area contributed by atoms with Crippen LogP contribution in [0.5, 0.6) is 0 Å². The molecule has 9 heteroatoms. The highest BCUT2D eigenvalue weighted by Crippen LogP contribution is 2.36. The second kappa shape index (κ2) is 6.99. The van der Waals surface area contributed by atoms with E-state index in [1.165, 1.54) is 12.1 Å². The standard InChI is InChI=1S/C19H14F3N3O3/c20-19(21,22)16-15(24-17(28-16)12-6-2-1-3-7-12)18(26)27-13-10-25(11-13)14-8-4-5-9-23-14/h1-9,13H,10-11H2. The summed E-state index contributed by atoms with van der Waals surface area (Å²) in [4.78, 5) is 22.1. The lowest BCUT2D eigenvalue weighted by molar-refractivity contribution is -0.153. The van der Waals surface area contributed by atoms with Crippen molar-refractivity contribution in [1.29, 1.82) is 0 Å². The van der Waals surface area contributed by atoms with Gasteiger partial charge in [0.05, 0.1) is 13.1 Å². The van der Waals surface area contributed by atoms with E-state index in [1.807, 2.05) is 11.0 Å². The Labute approximate surface area is 157 Å². The fraction of sp³-hybridized carbons (Fsp3) is 0.211. The lowest BCUT2D eigenvalue weighted by atomic mass is 10.1. The highest BCUT2D eigenvalue weighted by atomic mass is 19.4. The van der Waals surface area contributed by atoms with Gasteiger partial charge in [0.2, 0.25) is 11.7 Å². The number of oxazole rings is 1. The average Bonchev–Trinajstić information content (AvgIpc) is 3.12. The second-order valence-electron chi connectivity index (χ2n) is 6.18. The van der Waals surface area contributed by atoms with Crippen molar-refractivity contribution < 1.29 is 27.1 Å². The monoisotopic (exact) mass is 389 g/mol. The largest absolute Gasteiger partial charge is 0.454 e. The number of rotatable bonds is 4. The predicted octanol–water partition coefficient (Wildman–Crippen LogP) is 3.80. The third-order valence-corrected chi connectivity index (χ3v) is 4.19. The van der Waals surface area contributed by atoms with Crippen LogP contribution >= 0.6 is 0 Å². The van der Waals surface area contributed by atoms with E-state index in [0.29, 0.717) is 24.5 Å². The quantitative estimate of drug-likeness (QED) is 0.633. The smallest absolute Gasteiger partial charge is 0.452 e. The maximum Gasteiger partial charge on any atom is 0.452 e. The molecule has 0 radical (unpaired) electrons. The van der Waals surface area contributed by atoms with Crippen LogP contribution in [-0.2, 0) is 10.9 Å². The number of ether oxygens (including phenoxy) is 1. The van der Waals surface area contributed by atoms with E-state index in [1.54, 1.807) is 36.5 Å². The van der Waals surface area contributed by atoms with Gasteiger partial charge in [-0.3, -0.25) is 0 Å². The van der Waals surface area contributed by atoms with E-state index >= 15 is 0 Å². The van der Waals surface area contributed by atoms with E-state index in [2.05, 4.69) is 9.97 Å². The Bertz CT molecular complexity index is 968. The summed E-state index contributed by atoms with van der Waals surface area (Å²) in [6, 6.07) is 13.4. The molecule has 4 rings (SSSR count). The Hall–Kier alpha value is -3.36. The van der Waals surface area contributed by atoms with Crippen LogP contribution in [0.2, 0.25) is 0 Å². The molecule has 0 unspecified atom stereocenters. The minimum absolute atomic E-state index is 0.288. The van der Waals surface area contributed by atoms with Crippen LogP contribution in [0.1, 0.15) is 16.2 Å². The highest BCUT2D eigenvalue weighted by molar-refractivity contribution is 5.89. The molecule has 1 fully saturated rings. The van der Waals surface area contributed by atoms with Crippen molar-refractivity contribution in [3.8, 4) is 11.5 Å². The van der Waals surface area contributed by atoms with Crippen molar-refractivity contribution in [2.45, 2.75) is 12.3 Å². The van der Waals surface area contributed by atoms with E-state index in [0.717, 1.165) is 0 Å². The lowest BCUT2D eigenvalue weighted by Crippen LogP contribution is -2.53. The molecule has 0 atom stereocenters. The number of carbonyl (C=O) groups is 1. The molecule has 0 amide bonds. The van der Waals surface area contributed by atoms with E-state index in [-0.39, 0.29) is 5.89 Å². The van der Waals surface area contributed by atoms with Crippen LogP contribution in [0, 0.1) is 0 Å². The van der Waals surface area contributed by atoms with Crippen LogP contribution in [-0.4, -0.2) is 35.1 Å². The first kappa shape index (κ1) is 18.0. The molecule has 0 bridgehead atoms. The Morgan fingerprint density at radius 3 is 2.46 bits per heavy atom. The molecular weight excluding hydrogens is 375 g/mol. The van der Waals surface area contributed by atoms with Gasteiger partial charge in [0, 0.05) is 11.8 Å². The van der Waals surface area contributed by atoms with Crippen LogP contribution in [0.4, 0.5) is 19.0 Å². The number of nitrogens with zero attached hydrogens (tertiary/aromatic N) is 3. The number of alkyl halides is 3. The summed E-state index contributed by atoms with van der Waals surface area (Å²) in [6.07, 6.45) is -3.79. The SMILES string of the molecule is O=C(OC1CN(c2ccccn2)C1)c1nc(-c2ccccc2)oc1C(F)(F)F. The molecule has 1 saturated heterocycles. The maximum atomic E-state index is 13.3. The van der Waals surface area contributed by atoms with Crippen LogP contribution < -0.4 is 4.90 Å². The number of hydrogen-bond acceptors (Lipinski definition) is 6. The first-order chi connectivity index (χ1) is 13.4. The Morgan fingerprint density at radius 1 is 1.11 bits per heavy atom. The Kier molecular flexibility index (Phi) is 4.50. The van der Waals surface area contributed by atoms with Gasteiger partial charge in [-0.15, -0.1) is 0 Å². The lowest BCUT2D eigenvalue weighted by Gasteiger charge is -2.39. The molecule has 1 aromatic carbocycles. The van der Waals surface area contributed by atoms with Crippen LogP contribution in [0.15, 0.2) is 59.1 Å². The molecule has 1 aliphatic rings. The number of aromatic nitrogens is 2. The molecule has 2 aromatic heterocycles. The number of hydrogen-bond donors (Lipinski definition) is 0. The molecule has 3 heterocycles. The summed E-state index contributed by atoms with van der Waals surface area (Å²) in [7, 11) is 0. The maximum absolute atomic E-state index is 13.3. The van der Waals surface area contributed by atoms with Gasteiger partial charge < -0.3 is 14.1 Å². The number of benzene rings is 1. The average molecular weight is 389 g/mol. The van der Waals surface area contributed by atoms with Gasteiger partial charge in [-0.05, 0) is 24.3 Å². The first-order valence-electron chi connectivity index (χ1n) is 8.42. The third kappa shape index (κ3) is 3.55. The molecule has 3 aromatic rings. The Balaban J connectivity index is 1.50. The summed E-state index contributed by atoms with van der Waals surface area (Å²) in [5.41, 5.74) is -0.542. The highest BCUT2D eigenvalue weighted by Gasteiger charge is 2.43. The summed E-state index contributed by atoms with van der Waals surface area (Å²) in [5, 5.41) is 0. The van der Waals surface area contributed by atoms with Crippen LogP contribution in [0.3, 0.4) is 0 Å². The summed E-state index contributed by atoms with van der Waals surface area (Å²) >= 11 is 0. The van der Waals surface area contributed by atoms with Gasteiger partial charge >= 0.3 is 12.1 Å². The molecule has 144 valence electrons. The van der Waals surface area contributed by atoms with Crippen molar-refractivity contribution in [2.75, 3.05) is 18.0 Å². The normalized spacial score (nSPS) is 14.6. The molecule has 6 nitrogen and oxygen atoms in total. The van der Waals surface area contributed by atoms with Gasteiger partial charge in [-0.25, -0.2) is 14.8 Å². The topological polar surface area (TPSA) is 68.5 Å².